The fourth-order valence-electron chi connectivity index (χ4n) is 2.60. The maximum absolute atomic E-state index is 13.1. The molecule has 2 aromatic rings. The van der Waals surface area contributed by atoms with Crippen LogP contribution in [0.3, 0.4) is 0 Å². The number of rotatable bonds is 7. The van der Waals surface area contributed by atoms with Crippen molar-refractivity contribution in [3.63, 3.8) is 0 Å². The van der Waals surface area contributed by atoms with Crippen molar-refractivity contribution < 1.29 is 14.3 Å². The number of nitrogens with zero attached hydrogens (tertiary/aromatic N) is 2. The minimum atomic E-state index is -0.0969. The van der Waals surface area contributed by atoms with Crippen molar-refractivity contribution >= 4 is 21.8 Å². The van der Waals surface area contributed by atoms with Crippen molar-refractivity contribution in [1.82, 2.24) is 4.90 Å². The molecule has 0 radical (unpaired) electrons. The molecule has 0 N–H and O–H groups in total. The molecule has 0 spiro atoms. The van der Waals surface area contributed by atoms with E-state index in [0.717, 1.165) is 12.0 Å². The van der Waals surface area contributed by atoms with Crippen LogP contribution in [0.5, 0.6) is 11.5 Å². The molecule has 136 valence electrons. The molecule has 5 nitrogen and oxygen atoms in total. The molecule has 0 aromatic heterocycles. The highest BCUT2D eigenvalue weighted by molar-refractivity contribution is 9.10. The molecule has 0 fully saturated rings. The second-order valence-electron chi connectivity index (χ2n) is 5.73. The van der Waals surface area contributed by atoms with Crippen LogP contribution in [0.15, 0.2) is 40.9 Å². The maximum atomic E-state index is 13.1. The summed E-state index contributed by atoms with van der Waals surface area (Å²) in [6, 6.07) is 12.8. The van der Waals surface area contributed by atoms with Gasteiger partial charge in [-0.2, -0.15) is 5.26 Å². The van der Waals surface area contributed by atoms with Crippen molar-refractivity contribution in [3.8, 4) is 17.6 Å². The van der Waals surface area contributed by atoms with Crippen LogP contribution in [0.1, 0.15) is 34.8 Å². The number of benzene rings is 2. The molecule has 0 bridgehead atoms. The van der Waals surface area contributed by atoms with Crippen LogP contribution >= 0.6 is 15.9 Å². The Balaban J connectivity index is 2.31. The molecular weight excluding hydrogens is 396 g/mol. The van der Waals surface area contributed by atoms with E-state index in [0.29, 0.717) is 40.2 Å². The average Bonchev–Trinajstić information content (AvgIpc) is 2.67. The molecule has 0 atom stereocenters. The van der Waals surface area contributed by atoms with Gasteiger partial charge in [-0.15, -0.1) is 0 Å². The summed E-state index contributed by atoms with van der Waals surface area (Å²) in [6.07, 6.45) is 0.840. The largest absolute Gasteiger partial charge is 0.495 e. The number of halogens is 1. The lowest BCUT2D eigenvalue weighted by Gasteiger charge is -2.23. The monoisotopic (exact) mass is 416 g/mol. The number of carbonyl (C=O) groups excluding carboxylic acids is 1. The predicted molar refractivity (Wildman–Crippen MR) is 103 cm³/mol. The molecule has 0 aliphatic carbocycles. The maximum Gasteiger partial charge on any atom is 0.254 e. The number of ether oxygens (including phenoxy) is 2. The molecule has 0 heterocycles. The third kappa shape index (κ3) is 4.55. The van der Waals surface area contributed by atoms with Crippen LogP contribution in [-0.2, 0) is 6.54 Å². The van der Waals surface area contributed by atoms with Crippen LogP contribution in [0.4, 0.5) is 0 Å². The first-order valence-electron chi connectivity index (χ1n) is 8.23. The fourth-order valence-corrected chi connectivity index (χ4v) is 3.16. The Bertz CT molecular complexity index is 788. The smallest absolute Gasteiger partial charge is 0.254 e. The normalized spacial score (nSPS) is 10.1. The Morgan fingerprint density at radius 1 is 1.15 bits per heavy atom. The van der Waals surface area contributed by atoms with E-state index in [1.165, 1.54) is 0 Å². The lowest BCUT2D eigenvalue weighted by Crippen LogP contribution is -2.31. The van der Waals surface area contributed by atoms with Crippen molar-refractivity contribution in [3.05, 3.63) is 57.6 Å². The quantitative estimate of drug-likeness (QED) is 0.671. The van der Waals surface area contributed by atoms with Gasteiger partial charge in [-0.25, -0.2) is 0 Å². The van der Waals surface area contributed by atoms with Crippen LogP contribution in [0, 0.1) is 11.3 Å². The van der Waals surface area contributed by atoms with Gasteiger partial charge in [0.2, 0.25) is 0 Å². The number of carbonyl (C=O) groups is 1. The van der Waals surface area contributed by atoms with E-state index in [9.17, 15) is 4.79 Å². The van der Waals surface area contributed by atoms with E-state index in [1.54, 1.807) is 43.4 Å². The molecule has 0 saturated carbocycles. The Morgan fingerprint density at radius 3 is 2.19 bits per heavy atom. The fraction of sp³-hybridized carbons (Fsp3) is 0.300. The lowest BCUT2D eigenvalue weighted by molar-refractivity contribution is 0.0742. The van der Waals surface area contributed by atoms with Crippen molar-refractivity contribution in [1.29, 1.82) is 5.26 Å². The zero-order valence-electron chi connectivity index (χ0n) is 15.1. The standard InChI is InChI=1S/C20H21BrN2O3/c1-4-9-23(13-15-7-5-14(12-22)6-8-15)20(24)16-10-17(25-2)19(21)18(11-16)26-3/h5-8,10-11H,4,9,13H2,1-3H3. The first-order valence-corrected chi connectivity index (χ1v) is 9.03. The predicted octanol–water partition coefficient (Wildman–Crippen LogP) is 4.39. The molecule has 0 saturated heterocycles. The third-order valence-corrected chi connectivity index (χ3v) is 4.71. The van der Waals surface area contributed by atoms with E-state index in [1.807, 2.05) is 19.1 Å². The number of methoxy groups -OCH3 is 2. The molecule has 0 unspecified atom stereocenters. The Morgan fingerprint density at radius 2 is 1.73 bits per heavy atom. The minimum absolute atomic E-state index is 0.0969. The highest BCUT2D eigenvalue weighted by Crippen LogP contribution is 2.36. The second-order valence-corrected chi connectivity index (χ2v) is 6.52. The minimum Gasteiger partial charge on any atom is -0.495 e. The molecule has 0 aliphatic heterocycles. The Labute approximate surface area is 162 Å². The number of hydrogen-bond acceptors (Lipinski definition) is 4. The summed E-state index contributed by atoms with van der Waals surface area (Å²) in [5.41, 5.74) is 2.08. The van der Waals surface area contributed by atoms with Crippen molar-refractivity contribution in [2.45, 2.75) is 19.9 Å². The Hall–Kier alpha value is -2.52. The van der Waals surface area contributed by atoms with E-state index in [4.69, 9.17) is 14.7 Å². The van der Waals surface area contributed by atoms with Gasteiger partial charge >= 0.3 is 0 Å². The van der Waals surface area contributed by atoms with Gasteiger partial charge in [-0.1, -0.05) is 19.1 Å². The first kappa shape index (κ1) is 19.8. The van der Waals surface area contributed by atoms with Crippen LogP contribution < -0.4 is 9.47 Å². The molecule has 1 amide bonds. The summed E-state index contributed by atoms with van der Waals surface area (Å²) < 4.78 is 11.3. The molecule has 0 aliphatic rings. The van der Waals surface area contributed by atoms with E-state index in [-0.39, 0.29) is 5.91 Å². The zero-order chi connectivity index (χ0) is 19.1. The van der Waals surface area contributed by atoms with Crippen LogP contribution in [0.25, 0.3) is 0 Å². The van der Waals surface area contributed by atoms with Gasteiger partial charge in [0.1, 0.15) is 16.0 Å². The number of amides is 1. The zero-order valence-corrected chi connectivity index (χ0v) is 16.7. The number of hydrogen-bond donors (Lipinski definition) is 0. The van der Waals surface area contributed by atoms with Gasteiger partial charge in [-0.05, 0) is 52.2 Å². The molecule has 2 aromatic carbocycles. The van der Waals surface area contributed by atoms with Gasteiger partial charge in [0.15, 0.2) is 0 Å². The van der Waals surface area contributed by atoms with Gasteiger partial charge in [0.25, 0.3) is 5.91 Å². The Kier molecular flexibility index (Phi) is 7.05. The van der Waals surface area contributed by atoms with Crippen LogP contribution in [-0.4, -0.2) is 31.6 Å². The van der Waals surface area contributed by atoms with Gasteiger partial charge in [-0.3, -0.25) is 4.79 Å². The highest BCUT2D eigenvalue weighted by Gasteiger charge is 2.19. The van der Waals surface area contributed by atoms with Gasteiger partial charge < -0.3 is 14.4 Å². The summed E-state index contributed by atoms with van der Waals surface area (Å²) in [5.74, 6) is 0.991. The topological polar surface area (TPSA) is 62.6 Å². The van der Waals surface area contributed by atoms with E-state index in [2.05, 4.69) is 22.0 Å². The summed E-state index contributed by atoms with van der Waals surface area (Å²) in [6.45, 7) is 3.13. The summed E-state index contributed by atoms with van der Waals surface area (Å²) in [5, 5.41) is 8.91. The highest BCUT2D eigenvalue weighted by atomic mass is 79.9. The number of nitriles is 1. The molecule has 26 heavy (non-hydrogen) atoms. The van der Waals surface area contributed by atoms with E-state index >= 15 is 0 Å². The molecule has 6 heteroatoms. The second kappa shape index (κ2) is 9.25. The van der Waals surface area contributed by atoms with Gasteiger partial charge in [0, 0.05) is 18.7 Å². The SMILES string of the molecule is CCCN(Cc1ccc(C#N)cc1)C(=O)c1cc(OC)c(Br)c(OC)c1. The van der Waals surface area contributed by atoms with Crippen LogP contribution in [0.2, 0.25) is 0 Å². The van der Waals surface area contributed by atoms with Gasteiger partial charge in [0.05, 0.1) is 25.9 Å². The van der Waals surface area contributed by atoms with Crippen molar-refractivity contribution in [2.24, 2.45) is 0 Å². The van der Waals surface area contributed by atoms with Crippen molar-refractivity contribution in [2.75, 3.05) is 20.8 Å². The summed E-state index contributed by atoms with van der Waals surface area (Å²) >= 11 is 3.42. The summed E-state index contributed by atoms with van der Waals surface area (Å²) in [4.78, 5) is 14.8. The lowest BCUT2D eigenvalue weighted by atomic mass is 10.1. The summed E-state index contributed by atoms with van der Waals surface area (Å²) in [7, 11) is 3.10. The first-order chi connectivity index (χ1) is 12.5. The average molecular weight is 417 g/mol. The molecular formula is C20H21BrN2O3. The van der Waals surface area contributed by atoms with E-state index < -0.39 is 0 Å². The third-order valence-electron chi connectivity index (χ3n) is 3.93. The molecule has 2 rings (SSSR count).